The van der Waals surface area contributed by atoms with Crippen LogP contribution in [0.3, 0.4) is 0 Å². The third-order valence-electron chi connectivity index (χ3n) is 3.11. The lowest BCUT2D eigenvalue weighted by molar-refractivity contribution is -0.0388. The lowest BCUT2D eigenvalue weighted by Gasteiger charge is -2.34. The first-order valence-corrected chi connectivity index (χ1v) is 5.45. The van der Waals surface area contributed by atoms with Gasteiger partial charge in [0.05, 0.1) is 25.4 Å². The number of nitrogens with one attached hydrogen (secondary N) is 1. The molecule has 2 rings (SSSR count). The first kappa shape index (κ1) is 10.4. The van der Waals surface area contributed by atoms with Crippen molar-refractivity contribution in [1.29, 1.82) is 0 Å². The SMILES string of the molecule is OC(C1CCOCC1)C1COCCN1. The summed E-state index contributed by atoms with van der Waals surface area (Å²) in [5, 5.41) is 13.4. The topological polar surface area (TPSA) is 50.7 Å². The normalized spacial score (nSPS) is 32.8. The zero-order valence-corrected chi connectivity index (χ0v) is 8.45. The molecule has 2 saturated heterocycles. The molecular weight excluding hydrogens is 182 g/mol. The van der Waals surface area contributed by atoms with Crippen molar-refractivity contribution < 1.29 is 14.6 Å². The van der Waals surface area contributed by atoms with Gasteiger partial charge < -0.3 is 19.9 Å². The van der Waals surface area contributed by atoms with Crippen LogP contribution in [-0.4, -0.2) is 50.2 Å². The number of aliphatic hydroxyl groups excluding tert-OH is 1. The van der Waals surface area contributed by atoms with Crippen molar-refractivity contribution >= 4 is 0 Å². The molecule has 2 fully saturated rings. The zero-order valence-electron chi connectivity index (χ0n) is 8.45. The van der Waals surface area contributed by atoms with E-state index in [9.17, 15) is 5.11 Å². The van der Waals surface area contributed by atoms with E-state index in [1.54, 1.807) is 0 Å². The summed E-state index contributed by atoms with van der Waals surface area (Å²) in [6.07, 6.45) is 1.66. The van der Waals surface area contributed by atoms with E-state index in [1.165, 1.54) is 0 Å². The van der Waals surface area contributed by atoms with Gasteiger partial charge in [0, 0.05) is 19.8 Å². The van der Waals surface area contributed by atoms with Crippen LogP contribution in [0.15, 0.2) is 0 Å². The summed E-state index contributed by atoms with van der Waals surface area (Å²) in [6.45, 7) is 3.82. The van der Waals surface area contributed by atoms with Crippen molar-refractivity contribution in [3.05, 3.63) is 0 Å². The molecule has 0 amide bonds. The summed E-state index contributed by atoms with van der Waals surface area (Å²) >= 11 is 0. The van der Waals surface area contributed by atoms with Crippen LogP contribution in [0.2, 0.25) is 0 Å². The van der Waals surface area contributed by atoms with E-state index in [0.717, 1.165) is 39.2 Å². The van der Waals surface area contributed by atoms with Crippen LogP contribution in [0, 0.1) is 5.92 Å². The van der Waals surface area contributed by atoms with Crippen molar-refractivity contribution in [2.75, 3.05) is 33.0 Å². The molecule has 2 atom stereocenters. The highest BCUT2D eigenvalue weighted by Gasteiger charge is 2.30. The predicted molar refractivity (Wildman–Crippen MR) is 52.2 cm³/mol. The number of hydrogen-bond donors (Lipinski definition) is 2. The molecule has 4 nitrogen and oxygen atoms in total. The number of ether oxygens (including phenoxy) is 2. The molecule has 0 aromatic carbocycles. The Labute approximate surface area is 84.6 Å². The molecule has 2 aliphatic heterocycles. The first-order valence-electron chi connectivity index (χ1n) is 5.45. The van der Waals surface area contributed by atoms with Crippen LogP contribution >= 0.6 is 0 Å². The maximum atomic E-state index is 10.1. The molecule has 0 aliphatic carbocycles. The summed E-state index contributed by atoms with van der Waals surface area (Å²) < 4.78 is 10.6. The van der Waals surface area contributed by atoms with Gasteiger partial charge in [-0.05, 0) is 18.8 Å². The fourth-order valence-corrected chi connectivity index (χ4v) is 2.19. The van der Waals surface area contributed by atoms with Crippen LogP contribution in [0.1, 0.15) is 12.8 Å². The van der Waals surface area contributed by atoms with Gasteiger partial charge in [0.15, 0.2) is 0 Å². The number of morpholine rings is 1. The third kappa shape index (κ3) is 2.45. The van der Waals surface area contributed by atoms with Gasteiger partial charge >= 0.3 is 0 Å². The molecule has 2 aliphatic rings. The van der Waals surface area contributed by atoms with Crippen molar-refractivity contribution in [2.24, 2.45) is 5.92 Å². The van der Waals surface area contributed by atoms with Crippen LogP contribution < -0.4 is 5.32 Å². The van der Waals surface area contributed by atoms with Crippen molar-refractivity contribution in [1.82, 2.24) is 5.32 Å². The first-order chi connectivity index (χ1) is 6.88. The highest BCUT2D eigenvalue weighted by molar-refractivity contribution is 4.84. The standard InChI is InChI=1S/C10H19NO3/c12-10(8-1-4-13-5-2-8)9-7-14-6-3-11-9/h8-12H,1-7H2. The zero-order chi connectivity index (χ0) is 9.80. The molecule has 0 aromatic rings. The second kappa shape index (κ2) is 5.07. The second-order valence-electron chi connectivity index (χ2n) is 4.08. The third-order valence-corrected chi connectivity index (χ3v) is 3.11. The largest absolute Gasteiger partial charge is 0.391 e. The van der Waals surface area contributed by atoms with Gasteiger partial charge in [-0.15, -0.1) is 0 Å². The molecule has 82 valence electrons. The van der Waals surface area contributed by atoms with Crippen LogP contribution in [0.5, 0.6) is 0 Å². The van der Waals surface area contributed by atoms with E-state index in [2.05, 4.69) is 5.32 Å². The molecular formula is C10H19NO3. The molecule has 14 heavy (non-hydrogen) atoms. The predicted octanol–water partition coefficient (Wildman–Crippen LogP) is -0.238. The molecule has 0 aromatic heterocycles. The van der Waals surface area contributed by atoms with Crippen molar-refractivity contribution in [3.8, 4) is 0 Å². The quantitative estimate of drug-likeness (QED) is 0.647. The smallest absolute Gasteiger partial charge is 0.0745 e. The van der Waals surface area contributed by atoms with E-state index in [0.29, 0.717) is 12.5 Å². The lowest BCUT2D eigenvalue weighted by atomic mass is 9.89. The van der Waals surface area contributed by atoms with Crippen LogP contribution in [0.4, 0.5) is 0 Å². The van der Waals surface area contributed by atoms with E-state index in [1.807, 2.05) is 0 Å². The Morgan fingerprint density at radius 1 is 1.14 bits per heavy atom. The van der Waals surface area contributed by atoms with Gasteiger partial charge in [-0.2, -0.15) is 0 Å². The average molecular weight is 201 g/mol. The highest BCUT2D eigenvalue weighted by Crippen LogP contribution is 2.21. The Morgan fingerprint density at radius 2 is 1.93 bits per heavy atom. The molecule has 2 N–H and O–H groups in total. The van der Waals surface area contributed by atoms with E-state index >= 15 is 0 Å². The van der Waals surface area contributed by atoms with Gasteiger partial charge in [-0.25, -0.2) is 0 Å². The van der Waals surface area contributed by atoms with Gasteiger partial charge in [0.2, 0.25) is 0 Å². The van der Waals surface area contributed by atoms with Crippen molar-refractivity contribution in [2.45, 2.75) is 25.0 Å². The maximum absolute atomic E-state index is 10.1. The molecule has 0 bridgehead atoms. The Hall–Kier alpha value is -0.160. The fraction of sp³-hybridized carbons (Fsp3) is 1.00. The van der Waals surface area contributed by atoms with Gasteiger partial charge in [-0.3, -0.25) is 0 Å². The number of hydrogen-bond acceptors (Lipinski definition) is 4. The Morgan fingerprint density at radius 3 is 2.57 bits per heavy atom. The minimum atomic E-state index is -0.279. The second-order valence-corrected chi connectivity index (χ2v) is 4.08. The van der Waals surface area contributed by atoms with Crippen LogP contribution in [-0.2, 0) is 9.47 Å². The highest BCUT2D eigenvalue weighted by atomic mass is 16.5. The van der Waals surface area contributed by atoms with Crippen molar-refractivity contribution in [3.63, 3.8) is 0 Å². The summed E-state index contributed by atoms with van der Waals surface area (Å²) in [6, 6.07) is 0.117. The number of rotatable bonds is 2. The number of aliphatic hydroxyl groups is 1. The maximum Gasteiger partial charge on any atom is 0.0745 e. The van der Waals surface area contributed by atoms with E-state index in [-0.39, 0.29) is 12.1 Å². The average Bonchev–Trinajstić information content (AvgIpc) is 2.30. The Kier molecular flexibility index (Phi) is 3.75. The summed E-state index contributed by atoms with van der Waals surface area (Å²) in [7, 11) is 0. The van der Waals surface area contributed by atoms with E-state index in [4.69, 9.17) is 9.47 Å². The monoisotopic (exact) mass is 201 g/mol. The van der Waals surface area contributed by atoms with Gasteiger partial charge in [-0.1, -0.05) is 0 Å². The summed E-state index contributed by atoms with van der Waals surface area (Å²) in [4.78, 5) is 0. The summed E-state index contributed by atoms with van der Waals surface area (Å²) in [5.74, 6) is 0.378. The molecule has 2 heterocycles. The van der Waals surface area contributed by atoms with Gasteiger partial charge in [0.1, 0.15) is 0 Å². The lowest BCUT2D eigenvalue weighted by Crippen LogP contribution is -2.51. The molecule has 0 radical (unpaired) electrons. The Bertz CT molecular complexity index is 147. The van der Waals surface area contributed by atoms with Gasteiger partial charge in [0.25, 0.3) is 0 Å². The molecule has 0 spiro atoms. The minimum Gasteiger partial charge on any atom is -0.391 e. The summed E-state index contributed by atoms with van der Waals surface area (Å²) in [5.41, 5.74) is 0. The Balaban J connectivity index is 1.82. The molecule has 4 heteroatoms. The van der Waals surface area contributed by atoms with E-state index < -0.39 is 0 Å². The fourth-order valence-electron chi connectivity index (χ4n) is 2.19. The molecule has 0 saturated carbocycles. The minimum absolute atomic E-state index is 0.117. The van der Waals surface area contributed by atoms with Crippen LogP contribution in [0.25, 0.3) is 0 Å². The molecule has 2 unspecified atom stereocenters.